The number of ether oxygens (including phenoxy) is 3. The molecule has 134 valence electrons. The van der Waals surface area contributed by atoms with Crippen molar-refractivity contribution in [1.29, 1.82) is 0 Å². The highest BCUT2D eigenvalue weighted by Gasteiger charge is 2.29. The van der Waals surface area contributed by atoms with Crippen LogP contribution in [0.4, 0.5) is 11.4 Å². The molecule has 1 amide bonds. The summed E-state index contributed by atoms with van der Waals surface area (Å²) in [5.41, 5.74) is 0.0673. The second-order valence-corrected chi connectivity index (χ2v) is 5.33. The van der Waals surface area contributed by atoms with Crippen molar-refractivity contribution in [3.8, 4) is 11.5 Å². The van der Waals surface area contributed by atoms with E-state index in [0.29, 0.717) is 11.5 Å². The molecule has 1 atom stereocenters. The molecule has 9 heteroatoms. The fourth-order valence-corrected chi connectivity index (χ4v) is 2.26. The number of carbonyl (C=O) groups excluding carboxylic acids is 2. The van der Waals surface area contributed by atoms with Crippen LogP contribution in [0.3, 0.4) is 0 Å². The topological polar surface area (TPSA) is 117 Å². The van der Waals surface area contributed by atoms with Gasteiger partial charge in [0.05, 0.1) is 4.92 Å². The van der Waals surface area contributed by atoms with Crippen molar-refractivity contribution in [1.82, 2.24) is 0 Å². The van der Waals surface area contributed by atoms with Crippen LogP contribution in [-0.4, -0.2) is 36.1 Å². The van der Waals surface area contributed by atoms with Crippen LogP contribution in [0.5, 0.6) is 11.5 Å². The number of nitrogens with zero attached hydrogens (tertiary/aromatic N) is 1. The number of hydrogen-bond donors (Lipinski definition) is 1. The van der Waals surface area contributed by atoms with Gasteiger partial charge in [0, 0.05) is 17.8 Å². The van der Waals surface area contributed by atoms with Gasteiger partial charge in [0.2, 0.25) is 6.10 Å². The van der Waals surface area contributed by atoms with E-state index in [1.54, 1.807) is 24.3 Å². The third kappa shape index (κ3) is 4.07. The van der Waals surface area contributed by atoms with Crippen LogP contribution in [0.1, 0.15) is 0 Å². The highest BCUT2D eigenvalue weighted by atomic mass is 16.6. The monoisotopic (exact) mass is 358 g/mol. The zero-order chi connectivity index (χ0) is 18.5. The van der Waals surface area contributed by atoms with Gasteiger partial charge in [0.1, 0.15) is 6.61 Å². The van der Waals surface area contributed by atoms with Gasteiger partial charge in [-0.2, -0.15) is 0 Å². The van der Waals surface area contributed by atoms with Crippen LogP contribution >= 0.6 is 0 Å². The number of carbonyl (C=O) groups is 2. The SMILES string of the molecule is O=C(COC(=O)C1COc2ccccc2O1)Nc1cccc([N+](=O)[O-])c1. The van der Waals surface area contributed by atoms with Crippen molar-refractivity contribution in [2.45, 2.75) is 6.10 Å². The maximum absolute atomic E-state index is 12.0. The van der Waals surface area contributed by atoms with E-state index in [9.17, 15) is 19.7 Å². The van der Waals surface area contributed by atoms with Crippen LogP contribution in [-0.2, 0) is 14.3 Å². The quantitative estimate of drug-likeness (QED) is 0.493. The van der Waals surface area contributed by atoms with E-state index < -0.39 is 29.5 Å². The van der Waals surface area contributed by atoms with Crippen molar-refractivity contribution in [2.24, 2.45) is 0 Å². The minimum absolute atomic E-state index is 0.0255. The Hall–Kier alpha value is -3.62. The lowest BCUT2D eigenvalue weighted by Gasteiger charge is -2.24. The molecular weight excluding hydrogens is 344 g/mol. The number of anilines is 1. The number of amides is 1. The van der Waals surface area contributed by atoms with E-state index in [-0.39, 0.29) is 18.0 Å². The Labute approximate surface area is 147 Å². The molecule has 0 aromatic heterocycles. The molecule has 3 rings (SSSR count). The molecule has 0 spiro atoms. The molecule has 1 heterocycles. The van der Waals surface area contributed by atoms with E-state index in [4.69, 9.17) is 14.2 Å². The summed E-state index contributed by atoms with van der Waals surface area (Å²) in [6.07, 6.45) is -0.976. The Morgan fingerprint density at radius 3 is 2.73 bits per heavy atom. The lowest BCUT2D eigenvalue weighted by Crippen LogP contribution is -2.39. The van der Waals surface area contributed by atoms with Gasteiger partial charge in [0.15, 0.2) is 18.1 Å². The zero-order valence-corrected chi connectivity index (χ0v) is 13.4. The molecule has 1 aliphatic heterocycles. The Balaban J connectivity index is 1.51. The first-order chi connectivity index (χ1) is 12.5. The second kappa shape index (κ2) is 7.51. The molecule has 0 bridgehead atoms. The number of para-hydroxylation sites is 2. The molecular formula is C17H14N2O7. The second-order valence-electron chi connectivity index (χ2n) is 5.33. The van der Waals surface area contributed by atoms with Crippen molar-refractivity contribution < 1.29 is 28.7 Å². The Bertz CT molecular complexity index is 853. The van der Waals surface area contributed by atoms with E-state index in [2.05, 4.69) is 5.32 Å². The number of fused-ring (bicyclic) bond motifs is 1. The maximum atomic E-state index is 12.0. The first-order valence-electron chi connectivity index (χ1n) is 7.62. The predicted octanol–water partition coefficient (Wildman–Crippen LogP) is 1.92. The summed E-state index contributed by atoms with van der Waals surface area (Å²) in [6.45, 7) is -0.578. The molecule has 9 nitrogen and oxygen atoms in total. The highest BCUT2D eigenvalue weighted by molar-refractivity contribution is 5.93. The minimum atomic E-state index is -0.976. The van der Waals surface area contributed by atoms with Crippen LogP contribution in [0.15, 0.2) is 48.5 Å². The standard InChI is InChI=1S/C17H14N2O7/c20-16(18-11-4-3-5-12(8-11)19(22)23)10-25-17(21)15-9-24-13-6-1-2-7-14(13)26-15/h1-8,15H,9-10H2,(H,18,20). The number of benzene rings is 2. The summed E-state index contributed by atoms with van der Waals surface area (Å²) in [5.74, 6) is -0.425. The summed E-state index contributed by atoms with van der Waals surface area (Å²) in [6, 6.07) is 12.3. The van der Waals surface area contributed by atoms with Crippen LogP contribution < -0.4 is 14.8 Å². The van der Waals surface area contributed by atoms with Gasteiger partial charge in [-0.3, -0.25) is 14.9 Å². The van der Waals surface area contributed by atoms with Gasteiger partial charge in [-0.15, -0.1) is 0 Å². The summed E-state index contributed by atoms with van der Waals surface area (Å²) in [5, 5.41) is 13.1. The van der Waals surface area contributed by atoms with Gasteiger partial charge < -0.3 is 19.5 Å². The first kappa shape index (κ1) is 17.2. The Morgan fingerprint density at radius 1 is 1.19 bits per heavy atom. The largest absolute Gasteiger partial charge is 0.485 e. The first-order valence-corrected chi connectivity index (χ1v) is 7.62. The van der Waals surface area contributed by atoms with Crippen molar-refractivity contribution in [2.75, 3.05) is 18.5 Å². The lowest BCUT2D eigenvalue weighted by molar-refractivity contribution is -0.384. The summed E-state index contributed by atoms with van der Waals surface area (Å²) in [4.78, 5) is 34.0. The number of esters is 1. The lowest BCUT2D eigenvalue weighted by atomic mass is 10.2. The average Bonchev–Trinajstić information content (AvgIpc) is 2.66. The summed E-state index contributed by atoms with van der Waals surface area (Å²) in [7, 11) is 0. The normalized spacial score (nSPS) is 15.0. The summed E-state index contributed by atoms with van der Waals surface area (Å²) >= 11 is 0. The van der Waals surface area contributed by atoms with Crippen molar-refractivity contribution >= 4 is 23.3 Å². The van der Waals surface area contributed by atoms with Gasteiger partial charge in [-0.05, 0) is 18.2 Å². The molecule has 1 aliphatic rings. The number of nitro benzene ring substituents is 1. The maximum Gasteiger partial charge on any atom is 0.351 e. The number of nitro groups is 1. The zero-order valence-electron chi connectivity index (χ0n) is 13.4. The number of rotatable bonds is 5. The van der Waals surface area contributed by atoms with Gasteiger partial charge in [-0.25, -0.2) is 4.79 Å². The Kier molecular flexibility index (Phi) is 4.97. The van der Waals surface area contributed by atoms with Crippen LogP contribution in [0.2, 0.25) is 0 Å². The number of hydrogen-bond acceptors (Lipinski definition) is 7. The van der Waals surface area contributed by atoms with E-state index >= 15 is 0 Å². The van der Waals surface area contributed by atoms with Gasteiger partial charge in [0.25, 0.3) is 11.6 Å². The van der Waals surface area contributed by atoms with Crippen LogP contribution in [0, 0.1) is 10.1 Å². The molecule has 0 fully saturated rings. The van der Waals surface area contributed by atoms with E-state index in [1.165, 1.54) is 24.3 Å². The molecule has 1 unspecified atom stereocenters. The van der Waals surface area contributed by atoms with Crippen LogP contribution in [0.25, 0.3) is 0 Å². The summed E-state index contributed by atoms with van der Waals surface area (Å²) < 4.78 is 15.8. The molecule has 0 aliphatic carbocycles. The third-order valence-corrected chi connectivity index (χ3v) is 3.46. The Morgan fingerprint density at radius 2 is 1.96 bits per heavy atom. The molecule has 0 radical (unpaired) electrons. The third-order valence-electron chi connectivity index (χ3n) is 3.46. The molecule has 2 aromatic rings. The molecule has 0 saturated carbocycles. The number of non-ortho nitro benzene ring substituents is 1. The van der Waals surface area contributed by atoms with Crippen molar-refractivity contribution in [3.63, 3.8) is 0 Å². The fourth-order valence-electron chi connectivity index (χ4n) is 2.26. The molecule has 0 saturated heterocycles. The van der Waals surface area contributed by atoms with Crippen molar-refractivity contribution in [3.05, 3.63) is 58.6 Å². The predicted molar refractivity (Wildman–Crippen MR) is 89.0 cm³/mol. The highest BCUT2D eigenvalue weighted by Crippen LogP contribution is 2.31. The fraction of sp³-hybridized carbons (Fsp3) is 0.176. The molecule has 26 heavy (non-hydrogen) atoms. The smallest absolute Gasteiger partial charge is 0.351 e. The molecule has 2 aromatic carbocycles. The van der Waals surface area contributed by atoms with E-state index in [0.717, 1.165) is 0 Å². The van der Waals surface area contributed by atoms with Gasteiger partial charge in [-0.1, -0.05) is 18.2 Å². The van der Waals surface area contributed by atoms with E-state index in [1.807, 2.05) is 0 Å². The minimum Gasteiger partial charge on any atom is -0.485 e. The number of nitrogens with one attached hydrogen (secondary N) is 1. The average molecular weight is 358 g/mol. The molecule has 1 N–H and O–H groups in total. The van der Waals surface area contributed by atoms with Gasteiger partial charge >= 0.3 is 5.97 Å².